The lowest BCUT2D eigenvalue weighted by Gasteiger charge is -2.15. The van der Waals surface area contributed by atoms with E-state index in [1.807, 2.05) is 13.0 Å². The minimum absolute atomic E-state index is 0.0347. The Labute approximate surface area is 159 Å². The SMILES string of the molecule is CC(NC(=O)COC(=O)c1c(Cl)cccc1Cl)c1ccc2c(c1)OCO2. The van der Waals surface area contributed by atoms with Gasteiger partial charge in [-0.2, -0.15) is 0 Å². The zero-order chi connectivity index (χ0) is 18.7. The fourth-order valence-electron chi connectivity index (χ4n) is 2.45. The van der Waals surface area contributed by atoms with Crippen LogP contribution in [-0.4, -0.2) is 25.3 Å². The molecule has 2 aromatic rings. The first-order valence-corrected chi connectivity index (χ1v) is 8.51. The maximum Gasteiger partial charge on any atom is 0.341 e. The predicted octanol–water partition coefficient (Wildman–Crippen LogP) is 3.76. The van der Waals surface area contributed by atoms with Gasteiger partial charge in [0.05, 0.1) is 21.7 Å². The number of esters is 1. The van der Waals surface area contributed by atoms with Crippen LogP contribution in [-0.2, 0) is 9.53 Å². The summed E-state index contributed by atoms with van der Waals surface area (Å²) in [7, 11) is 0. The summed E-state index contributed by atoms with van der Waals surface area (Å²) in [5.41, 5.74) is 0.871. The molecule has 0 spiro atoms. The van der Waals surface area contributed by atoms with Crippen LogP contribution in [0, 0.1) is 0 Å². The molecule has 0 radical (unpaired) electrons. The molecule has 1 atom stereocenters. The summed E-state index contributed by atoms with van der Waals surface area (Å²) in [4.78, 5) is 24.1. The van der Waals surface area contributed by atoms with Crippen molar-refractivity contribution in [2.75, 3.05) is 13.4 Å². The molecule has 1 heterocycles. The van der Waals surface area contributed by atoms with Gasteiger partial charge in [-0.25, -0.2) is 4.79 Å². The zero-order valence-corrected chi connectivity index (χ0v) is 15.3. The fraction of sp³-hybridized carbons (Fsp3) is 0.222. The van der Waals surface area contributed by atoms with Gasteiger partial charge in [-0.3, -0.25) is 4.79 Å². The molecule has 1 aliphatic heterocycles. The van der Waals surface area contributed by atoms with Crippen molar-refractivity contribution in [3.8, 4) is 11.5 Å². The molecule has 0 saturated carbocycles. The average molecular weight is 396 g/mol. The average Bonchev–Trinajstić information content (AvgIpc) is 3.07. The summed E-state index contributed by atoms with van der Waals surface area (Å²) in [6.07, 6.45) is 0. The van der Waals surface area contributed by atoms with Gasteiger partial charge in [0.2, 0.25) is 6.79 Å². The maximum atomic E-state index is 12.1. The summed E-state index contributed by atoms with van der Waals surface area (Å²) >= 11 is 11.9. The van der Waals surface area contributed by atoms with Crippen LogP contribution in [0.2, 0.25) is 10.0 Å². The number of carbonyl (C=O) groups is 2. The number of carbonyl (C=O) groups excluding carboxylic acids is 2. The topological polar surface area (TPSA) is 73.9 Å². The molecule has 26 heavy (non-hydrogen) atoms. The van der Waals surface area contributed by atoms with Crippen molar-refractivity contribution in [2.24, 2.45) is 0 Å². The van der Waals surface area contributed by atoms with Crippen LogP contribution in [0.3, 0.4) is 0 Å². The molecule has 0 fully saturated rings. The quantitative estimate of drug-likeness (QED) is 0.780. The van der Waals surface area contributed by atoms with E-state index >= 15 is 0 Å². The molecule has 2 aromatic carbocycles. The van der Waals surface area contributed by atoms with E-state index in [0.717, 1.165) is 5.56 Å². The van der Waals surface area contributed by atoms with Gasteiger partial charge in [-0.05, 0) is 36.8 Å². The number of nitrogens with one attached hydrogen (secondary N) is 1. The summed E-state index contributed by atoms with van der Waals surface area (Å²) in [5.74, 6) is 0.0828. The van der Waals surface area contributed by atoms with E-state index in [2.05, 4.69) is 5.32 Å². The Hall–Kier alpha value is -2.44. The van der Waals surface area contributed by atoms with Gasteiger partial charge in [-0.1, -0.05) is 35.3 Å². The highest BCUT2D eigenvalue weighted by Crippen LogP contribution is 2.34. The lowest BCUT2D eigenvalue weighted by molar-refractivity contribution is -0.124. The fourth-order valence-corrected chi connectivity index (χ4v) is 3.00. The number of rotatable bonds is 5. The zero-order valence-electron chi connectivity index (χ0n) is 13.8. The third kappa shape index (κ3) is 4.03. The Kier molecular flexibility index (Phi) is 5.54. The third-order valence-electron chi connectivity index (χ3n) is 3.78. The Morgan fingerprint density at radius 2 is 1.85 bits per heavy atom. The van der Waals surface area contributed by atoms with E-state index in [-0.39, 0.29) is 28.4 Å². The molecule has 136 valence electrons. The molecule has 0 aromatic heterocycles. The minimum atomic E-state index is -0.758. The highest BCUT2D eigenvalue weighted by atomic mass is 35.5. The Morgan fingerprint density at radius 1 is 1.15 bits per heavy atom. The summed E-state index contributed by atoms with van der Waals surface area (Å²) in [5, 5.41) is 3.07. The van der Waals surface area contributed by atoms with E-state index in [1.165, 1.54) is 12.1 Å². The number of hydrogen-bond acceptors (Lipinski definition) is 5. The number of halogens is 2. The number of fused-ring (bicyclic) bond motifs is 1. The minimum Gasteiger partial charge on any atom is -0.454 e. The monoisotopic (exact) mass is 395 g/mol. The first-order chi connectivity index (χ1) is 12.5. The van der Waals surface area contributed by atoms with Crippen LogP contribution in [0.1, 0.15) is 28.9 Å². The van der Waals surface area contributed by atoms with Crippen LogP contribution in [0.15, 0.2) is 36.4 Å². The first-order valence-electron chi connectivity index (χ1n) is 7.75. The largest absolute Gasteiger partial charge is 0.454 e. The molecule has 6 nitrogen and oxygen atoms in total. The second-order valence-corrected chi connectivity index (χ2v) is 6.39. The van der Waals surface area contributed by atoms with Gasteiger partial charge in [0.1, 0.15) is 0 Å². The molecule has 1 unspecified atom stereocenters. The van der Waals surface area contributed by atoms with E-state index in [0.29, 0.717) is 11.5 Å². The number of hydrogen-bond donors (Lipinski definition) is 1. The van der Waals surface area contributed by atoms with E-state index in [1.54, 1.807) is 18.2 Å². The Balaban J connectivity index is 1.56. The number of amides is 1. The molecule has 0 saturated heterocycles. The highest BCUT2D eigenvalue weighted by molar-refractivity contribution is 6.39. The van der Waals surface area contributed by atoms with Gasteiger partial charge in [0.15, 0.2) is 18.1 Å². The smallest absolute Gasteiger partial charge is 0.341 e. The molecular formula is C18H15Cl2NO5. The van der Waals surface area contributed by atoms with Gasteiger partial charge < -0.3 is 19.5 Å². The maximum absolute atomic E-state index is 12.1. The first kappa shape index (κ1) is 18.4. The molecule has 3 rings (SSSR count). The second kappa shape index (κ2) is 7.85. The second-order valence-electron chi connectivity index (χ2n) is 5.57. The van der Waals surface area contributed by atoms with Crippen molar-refractivity contribution in [1.82, 2.24) is 5.32 Å². The van der Waals surface area contributed by atoms with Crippen molar-refractivity contribution in [2.45, 2.75) is 13.0 Å². The molecule has 8 heteroatoms. The molecule has 0 bridgehead atoms. The van der Waals surface area contributed by atoms with Crippen molar-refractivity contribution in [3.05, 3.63) is 57.6 Å². The van der Waals surface area contributed by atoms with Gasteiger partial charge in [0, 0.05) is 0 Å². The summed E-state index contributed by atoms with van der Waals surface area (Å²) in [6, 6.07) is 9.75. The lowest BCUT2D eigenvalue weighted by Crippen LogP contribution is -2.31. The Morgan fingerprint density at radius 3 is 2.58 bits per heavy atom. The molecule has 1 aliphatic rings. The van der Waals surface area contributed by atoms with Gasteiger partial charge in [-0.15, -0.1) is 0 Å². The molecular weight excluding hydrogens is 381 g/mol. The van der Waals surface area contributed by atoms with Crippen molar-refractivity contribution < 1.29 is 23.8 Å². The van der Waals surface area contributed by atoms with Crippen LogP contribution < -0.4 is 14.8 Å². The summed E-state index contributed by atoms with van der Waals surface area (Å²) in [6.45, 7) is 1.54. The van der Waals surface area contributed by atoms with Crippen LogP contribution in [0.25, 0.3) is 0 Å². The number of benzene rings is 2. The van der Waals surface area contributed by atoms with E-state index in [9.17, 15) is 9.59 Å². The normalized spacial score (nSPS) is 13.2. The molecule has 1 N–H and O–H groups in total. The van der Waals surface area contributed by atoms with Crippen molar-refractivity contribution >= 4 is 35.1 Å². The van der Waals surface area contributed by atoms with Crippen LogP contribution >= 0.6 is 23.2 Å². The van der Waals surface area contributed by atoms with Crippen molar-refractivity contribution in [3.63, 3.8) is 0 Å². The lowest BCUT2D eigenvalue weighted by atomic mass is 10.1. The van der Waals surface area contributed by atoms with E-state index < -0.39 is 18.5 Å². The van der Waals surface area contributed by atoms with Gasteiger partial charge >= 0.3 is 5.97 Å². The third-order valence-corrected chi connectivity index (χ3v) is 4.41. The molecule has 1 amide bonds. The van der Waals surface area contributed by atoms with Gasteiger partial charge in [0.25, 0.3) is 5.91 Å². The Bertz CT molecular complexity index is 835. The predicted molar refractivity (Wildman–Crippen MR) is 95.9 cm³/mol. The standard InChI is InChI=1S/C18H15Cl2NO5/c1-10(11-5-6-14-15(7-11)26-9-25-14)21-16(22)8-24-18(23)17-12(19)3-2-4-13(17)20/h2-7,10H,8-9H2,1H3,(H,21,22). The van der Waals surface area contributed by atoms with E-state index in [4.69, 9.17) is 37.4 Å². The highest BCUT2D eigenvalue weighted by Gasteiger charge is 2.19. The number of ether oxygens (including phenoxy) is 3. The van der Waals surface area contributed by atoms with Crippen LogP contribution in [0.4, 0.5) is 0 Å². The van der Waals surface area contributed by atoms with Crippen LogP contribution in [0.5, 0.6) is 11.5 Å². The molecule has 0 aliphatic carbocycles. The van der Waals surface area contributed by atoms with Crippen molar-refractivity contribution in [1.29, 1.82) is 0 Å². The summed E-state index contributed by atoms with van der Waals surface area (Å²) < 4.78 is 15.6.